The molecule has 1 saturated heterocycles. The van der Waals surface area contributed by atoms with Crippen LogP contribution in [0.3, 0.4) is 0 Å². The summed E-state index contributed by atoms with van der Waals surface area (Å²) in [5.41, 5.74) is 2.39. The molecule has 1 aromatic rings. The molecule has 0 bridgehead atoms. The zero-order chi connectivity index (χ0) is 16.1. The molecule has 1 aliphatic rings. The molecular weight excluding hydrogens is 415 g/mol. The van der Waals surface area contributed by atoms with Crippen molar-refractivity contribution >= 4 is 40.7 Å². The lowest BCUT2D eigenvalue weighted by Crippen LogP contribution is -2.45. The van der Waals surface area contributed by atoms with Gasteiger partial charge in [-0.2, -0.15) is 0 Å². The standard InChI is InChI=1S/C17H25BrN2O2.2ClH/c1-12(2)9-14(20-7-5-19-6-8-20)13-10-15(21-3)17(18)16(11-13)22-4;;/h10-11,14,19H,1,5-9H2,2-4H3;2*1H/t14-;;/m0../s1. The second-order valence-corrected chi connectivity index (χ2v) is 6.50. The lowest BCUT2D eigenvalue weighted by Gasteiger charge is -2.35. The Labute approximate surface area is 165 Å². The molecule has 1 aromatic carbocycles. The molecule has 1 fully saturated rings. The highest BCUT2D eigenvalue weighted by Crippen LogP contribution is 2.39. The molecule has 4 nitrogen and oxygen atoms in total. The van der Waals surface area contributed by atoms with Crippen LogP contribution < -0.4 is 14.8 Å². The fourth-order valence-corrected chi connectivity index (χ4v) is 3.42. The fraction of sp³-hybridized carbons (Fsp3) is 0.529. The molecule has 0 radical (unpaired) electrons. The largest absolute Gasteiger partial charge is 0.495 e. The van der Waals surface area contributed by atoms with Crippen LogP contribution in [-0.4, -0.2) is 45.3 Å². The van der Waals surface area contributed by atoms with Crippen LogP contribution in [0.5, 0.6) is 11.5 Å². The molecular formula is C17H27BrCl2N2O2. The summed E-state index contributed by atoms with van der Waals surface area (Å²) < 4.78 is 11.8. The van der Waals surface area contributed by atoms with E-state index in [4.69, 9.17) is 9.47 Å². The molecule has 1 atom stereocenters. The van der Waals surface area contributed by atoms with E-state index in [0.29, 0.717) is 6.04 Å². The zero-order valence-electron chi connectivity index (χ0n) is 14.4. The lowest BCUT2D eigenvalue weighted by molar-refractivity contribution is 0.172. The first-order valence-corrected chi connectivity index (χ1v) is 8.36. The Kier molecular flexibility index (Phi) is 11.0. The molecule has 1 N–H and O–H groups in total. The van der Waals surface area contributed by atoms with Gasteiger partial charge in [0.25, 0.3) is 0 Å². The molecule has 0 spiro atoms. The van der Waals surface area contributed by atoms with Gasteiger partial charge in [-0.3, -0.25) is 4.90 Å². The van der Waals surface area contributed by atoms with Crippen LogP contribution in [0.2, 0.25) is 0 Å². The van der Waals surface area contributed by atoms with E-state index >= 15 is 0 Å². The molecule has 1 aliphatic heterocycles. The Morgan fingerprint density at radius 3 is 2.12 bits per heavy atom. The van der Waals surface area contributed by atoms with Crippen molar-refractivity contribution in [1.82, 2.24) is 10.2 Å². The van der Waals surface area contributed by atoms with Crippen molar-refractivity contribution in [2.45, 2.75) is 19.4 Å². The average molecular weight is 442 g/mol. The van der Waals surface area contributed by atoms with Crippen molar-refractivity contribution in [1.29, 1.82) is 0 Å². The smallest absolute Gasteiger partial charge is 0.137 e. The number of benzene rings is 1. The number of rotatable bonds is 6. The topological polar surface area (TPSA) is 33.7 Å². The van der Waals surface area contributed by atoms with E-state index in [2.05, 4.69) is 51.8 Å². The number of ether oxygens (including phenoxy) is 2. The van der Waals surface area contributed by atoms with Gasteiger partial charge in [-0.25, -0.2) is 0 Å². The second-order valence-electron chi connectivity index (χ2n) is 5.70. The molecule has 24 heavy (non-hydrogen) atoms. The maximum Gasteiger partial charge on any atom is 0.137 e. The van der Waals surface area contributed by atoms with Crippen molar-refractivity contribution in [3.05, 3.63) is 34.3 Å². The maximum absolute atomic E-state index is 5.49. The molecule has 0 aromatic heterocycles. The number of methoxy groups -OCH3 is 2. The first-order valence-electron chi connectivity index (χ1n) is 7.57. The molecule has 0 amide bonds. The van der Waals surface area contributed by atoms with E-state index in [0.717, 1.165) is 48.6 Å². The van der Waals surface area contributed by atoms with Gasteiger partial charge < -0.3 is 14.8 Å². The predicted molar refractivity (Wildman–Crippen MR) is 108 cm³/mol. The molecule has 0 saturated carbocycles. The highest BCUT2D eigenvalue weighted by Gasteiger charge is 2.24. The van der Waals surface area contributed by atoms with Gasteiger partial charge >= 0.3 is 0 Å². The van der Waals surface area contributed by atoms with Gasteiger partial charge in [0.1, 0.15) is 16.0 Å². The van der Waals surface area contributed by atoms with Crippen molar-refractivity contribution in [2.24, 2.45) is 0 Å². The van der Waals surface area contributed by atoms with Gasteiger partial charge in [-0.1, -0.05) is 5.57 Å². The molecule has 2 rings (SSSR count). The van der Waals surface area contributed by atoms with Crippen LogP contribution in [-0.2, 0) is 0 Å². The van der Waals surface area contributed by atoms with E-state index in [9.17, 15) is 0 Å². The van der Waals surface area contributed by atoms with Crippen LogP contribution in [0.4, 0.5) is 0 Å². The summed E-state index contributed by atoms with van der Waals surface area (Å²) in [5, 5.41) is 3.41. The van der Waals surface area contributed by atoms with Gasteiger partial charge in [0.05, 0.1) is 14.2 Å². The Bertz CT molecular complexity index is 512. The predicted octanol–water partition coefficient (Wildman–Crippen LogP) is 4.22. The normalized spacial score (nSPS) is 15.7. The highest BCUT2D eigenvalue weighted by atomic mass is 79.9. The number of hydrogen-bond acceptors (Lipinski definition) is 4. The highest BCUT2D eigenvalue weighted by molar-refractivity contribution is 9.10. The first-order chi connectivity index (χ1) is 10.6. The summed E-state index contributed by atoms with van der Waals surface area (Å²) in [6.07, 6.45) is 0.938. The molecule has 1 heterocycles. The van der Waals surface area contributed by atoms with Crippen LogP contribution in [0.1, 0.15) is 24.9 Å². The van der Waals surface area contributed by atoms with Crippen molar-refractivity contribution in [3.63, 3.8) is 0 Å². The summed E-state index contributed by atoms with van der Waals surface area (Å²) in [6.45, 7) is 10.3. The maximum atomic E-state index is 5.49. The monoisotopic (exact) mass is 440 g/mol. The number of halogens is 3. The zero-order valence-corrected chi connectivity index (χ0v) is 17.7. The van der Waals surface area contributed by atoms with Gasteiger partial charge in [0.2, 0.25) is 0 Å². The van der Waals surface area contributed by atoms with E-state index in [1.165, 1.54) is 11.1 Å². The lowest BCUT2D eigenvalue weighted by atomic mass is 9.97. The Balaban J connectivity index is 0.00000264. The van der Waals surface area contributed by atoms with Crippen LogP contribution >= 0.6 is 40.7 Å². The Morgan fingerprint density at radius 2 is 1.71 bits per heavy atom. The SMILES string of the molecule is C=C(C)C[C@@H](c1cc(OC)c(Br)c(OC)c1)N1CCNCC1.Cl.Cl. The van der Waals surface area contributed by atoms with Crippen molar-refractivity contribution in [3.8, 4) is 11.5 Å². The molecule has 0 unspecified atom stereocenters. The van der Waals surface area contributed by atoms with E-state index in [1.807, 2.05) is 0 Å². The Hall–Kier alpha value is -0.460. The Morgan fingerprint density at radius 1 is 1.21 bits per heavy atom. The third-order valence-corrected chi connectivity index (χ3v) is 4.77. The van der Waals surface area contributed by atoms with Gasteiger partial charge in [0, 0.05) is 32.2 Å². The van der Waals surface area contributed by atoms with Crippen molar-refractivity contribution in [2.75, 3.05) is 40.4 Å². The van der Waals surface area contributed by atoms with E-state index in [1.54, 1.807) is 14.2 Å². The summed E-state index contributed by atoms with van der Waals surface area (Å²) in [5.74, 6) is 1.60. The van der Waals surface area contributed by atoms with E-state index < -0.39 is 0 Å². The summed E-state index contributed by atoms with van der Waals surface area (Å²) in [6, 6.07) is 4.50. The minimum atomic E-state index is 0. The fourth-order valence-electron chi connectivity index (χ4n) is 2.86. The first kappa shape index (κ1) is 23.5. The minimum absolute atomic E-state index is 0. The minimum Gasteiger partial charge on any atom is -0.495 e. The van der Waals surface area contributed by atoms with Crippen LogP contribution in [0, 0.1) is 0 Å². The third-order valence-electron chi connectivity index (χ3n) is 3.99. The molecule has 7 heteroatoms. The number of piperazine rings is 1. The average Bonchev–Trinajstić information content (AvgIpc) is 2.53. The number of hydrogen-bond donors (Lipinski definition) is 1. The van der Waals surface area contributed by atoms with Crippen LogP contribution in [0.25, 0.3) is 0 Å². The van der Waals surface area contributed by atoms with Crippen LogP contribution in [0.15, 0.2) is 28.8 Å². The van der Waals surface area contributed by atoms with Crippen molar-refractivity contribution < 1.29 is 9.47 Å². The van der Waals surface area contributed by atoms with Gasteiger partial charge in [-0.15, -0.1) is 31.4 Å². The molecule has 0 aliphatic carbocycles. The third kappa shape index (κ3) is 5.81. The van der Waals surface area contributed by atoms with E-state index in [-0.39, 0.29) is 24.8 Å². The number of nitrogens with zero attached hydrogens (tertiary/aromatic N) is 1. The summed E-state index contributed by atoms with van der Waals surface area (Å²) in [7, 11) is 3.36. The number of nitrogens with one attached hydrogen (secondary N) is 1. The quantitative estimate of drug-likeness (QED) is 0.670. The summed E-state index contributed by atoms with van der Waals surface area (Å²) >= 11 is 3.54. The second kappa shape index (κ2) is 11.2. The van der Waals surface area contributed by atoms with Gasteiger partial charge in [0.15, 0.2) is 0 Å². The summed E-state index contributed by atoms with van der Waals surface area (Å²) in [4.78, 5) is 2.51. The molecule has 138 valence electrons. The van der Waals surface area contributed by atoms with Gasteiger partial charge in [-0.05, 0) is 47.0 Å².